The number of hydrogen-bond acceptors (Lipinski definition) is 6. The molecule has 10 unspecified atom stereocenters. The van der Waals surface area contributed by atoms with Crippen molar-refractivity contribution in [3.05, 3.63) is 0 Å². The van der Waals surface area contributed by atoms with E-state index in [4.69, 9.17) is 10.5 Å². The number of ketones is 2. The van der Waals surface area contributed by atoms with Gasteiger partial charge in [0.15, 0.2) is 0 Å². The summed E-state index contributed by atoms with van der Waals surface area (Å²) in [6.07, 6.45) is 17.1. The van der Waals surface area contributed by atoms with Crippen molar-refractivity contribution in [3.8, 4) is 0 Å². The lowest BCUT2D eigenvalue weighted by Crippen LogP contribution is -2.67. The van der Waals surface area contributed by atoms with Crippen LogP contribution in [-0.4, -0.2) is 41.8 Å². The fraction of sp³-hybridized carbons (Fsp3) is 0.906. The van der Waals surface area contributed by atoms with Gasteiger partial charge in [-0.15, -0.1) is 0 Å². The molecule has 0 radical (unpaired) electrons. The molecule has 6 aliphatic carbocycles. The van der Waals surface area contributed by atoms with Crippen LogP contribution in [0, 0.1) is 47.3 Å². The number of Topliss-reactive ketones (excluding diaryl/α,β-unsaturated/α-hetero) is 2. The van der Waals surface area contributed by atoms with Gasteiger partial charge in [0.05, 0.1) is 5.92 Å². The van der Waals surface area contributed by atoms with Crippen LogP contribution in [0.25, 0.3) is 0 Å². The number of esters is 1. The number of ether oxygens (including phenoxy) is 1. The van der Waals surface area contributed by atoms with Crippen LogP contribution in [-0.2, 0) is 19.1 Å². The second-order valence-electron chi connectivity index (χ2n) is 14.2. The first-order valence-corrected chi connectivity index (χ1v) is 16.2. The zero-order valence-electron chi connectivity index (χ0n) is 23.5. The van der Waals surface area contributed by atoms with Gasteiger partial charge in [0.1, 0.15) is 17.7 Å². The molecule has 0 saturated heterocycles. The van der Waals surface area contributed by atoms with Crippen LogP contribution in [0.2, 0.25) is 0 Å². The van der Waals surface area contributed by atoms with E-state index in [2.05, 4.69) is 12.2 Å². The molecule has 0 bridgehead atoms. The zero-order valence-corrected chi connectivity index (χ0v) is 23.5. The molecule has 6 rings (SSSR count). The Balaban J connectivity index is 1.23. The van der Waals surface area contributed by atoms with Gasteiger partial charge in [0.25, 0.3) is 0 Å². The Kier molecular flexibility index (Phi) is 8.01. The Morgan fingerprint density at radius 3 is 2.11 bits per heavy atom. The maximum atomic E-state index is 14.0. The molecule has 0 aromatic heterocycles. The fourth-order valence-corrected chi connectivity index (χ4v) is 9.72. The molecule has 212 valence electrons. The molecule has 6 aliphatic rings. The van der Waals surface area contributed by atoms with Gasteiger partial charge < -0.3 is 15.8 Å². The molecule has 0 aromatic carbocycles. The fourth-order valence-electron chi connectivity index (χ4n) is 9.72. The minimum atomic E-state index is -0.624. The summed E-state index contributed by atoms with van der Waals surface area (Å²) in [7, 11) is 0. The van der Waals surface area contributed by atoms with Gasteiger partial charge >= 0.3 is 5.97 Å². The quantitative estimate of drug-likeness (QED) is 0.502. The molecule has 6 saturated carbocycles. The van der Waals surface area contributed by atoms with Crippen LogP contribution in [0.3, 0.4) is 0 Å². The maximum absolute atomic E-state index is 14.0. The van der Waals surface area contributed by atoms with E-state index in [-0.39, 0.29) is 47.4 Å². The van der Waals surface area contributed by atoms with Crippen LogP contribution in [0.4, 0.5) is 0 Å². The smallest absolute Gasteiger partial charge is 0.310 e. The number of carbonyl (C=O) groups is 3. The topological polar surface area (TPSA) is 98.5 Å². The zero-order chi connectivity index (χ0) is 26.4. The third-order valence-electron chi connectivity index (χ3n) is 11.9. The van der Waals surface area contributed by atoms with Gasteiger partial charge in [-0.25, -0.2) is 0 Å². The Bertz CT molecular complexity index is 898. The molecular weight excluding hydrogens is 476 g/mol. The highest BCUT2D eigenvalue weighted by atomic mass is 16.5. The van der Waals surface area contributed by atoms with Gasteiger partial charge in [-0.3, -0.25) is 14.4 Å². The minimum absolute atomic E-state index is 0.0389. The molecule has 0 aromatic rings. The highest BCUT2D eigenvalue weighted by Gasteiger charge is 2.59. The summed E-state index contributed by atoms with van der Waals surface area (Å²) in [5.74, 6) is 0.708. The maximum Gasteiger partial charge on any atom is 0.310 e. The second-order valence-corrected chi connectivity index (χ2v) is 14.2. The molecule has 6 nitrogen and oxygen atoms in total. The monoisotopic (exact) mass is 526 g/mol. The van der Waals surface area contributed by atoms with Crippen LogP contribution in [0.5, 0.6) is 0 Å². The van der Waals surface area contributed by atoms with Gasteiger partial charge in [-0.05, 0) is 82.0 Å². The number of carbonyl (C=O) groups excluding carboxylic acids is 3. The van der Waals surface area contributed by atoms with Crippen LogP contribution >= 0.6 is 0 Å². The van der Waals surface area contributed by atoms with Crippen molar-refractivity contribution in [2.75, 3.05) is 0 Å². The van der Waals surface area contributed by atoms with E-state index >= 15 is 0 Å². The third kappa shape index (κ3) is 5.13. The van der Waals surface area contributed by atoms with Crippen molar-refractivity contribution in [1.82, 2.24) is 5.32 Å². The number of hydrogen-bond donors (Lipinski definition) is 2. The molecule has 6 fully saturated rings. The lowest BCUT2D eigenvalue weighted by Gasteiger charge is -2.52. The molecule has 3 N–H and O–H groups in total. The predicted molar refractivity (Wildman–Crippen MR) is 146 cm³/mol. The van der Waals surface area contributed by atoms with Crippen LogP contribution in [0.1, 0.15) is 110 Å². The van der Waals surface area contributed by atoms with Crippen molar-refractivity contribution in [2.24, 2.45) is 53.1 Å². The summed E-state index contributed by atoms with van der Waals surface area (Å²) >= 11 is 0. The molecule has 0 amide bonds. The lowest BCUT2D eigenvalue weighted by atomic mass is 9.54. The van der Waals surface area contributed by atoms with E-state index in [1.165, 1.54) is 32.1 Å². The third-order valence-corrected chi connectivity index (χ3v) is 11.9. The Hall–Kier alpha value is -1.27. The normalized spacial score (nSPS) is 47.4. The van der Waals surface area contributed by atoms with Gasteiger partial charge in [-0.1, -0.05) is 45.4 Å². The lowest BCUT2D eigenvalue weighted by molar-refractivity contribution is -0.165. The number of nitrogens with two attached hydrogens (primary N) is 1. The highest BCUT2D eigenvalue weighted by Crippen LogP contribution is 2.48. The van der Waals surface area contributed by atoms with E-state index in [1.807, 2.05) is 0 Å². The molecule has 0 heterocycles. The Labute approximate surface area is 229 Å². The van der Waals surface area contributed by atoms with E-state index in [1.54, 1.807) is 0 Å². The number of nitrogens with one attached hydrogen (secondary N) is 1. The Morgan fingerprint density at radius 2 is 1.39 bits per heavy atom. The molecule has 6 heteroatoms. The summed E-state index contributed by atoms with van der Waals surface area (Å²) in [5, 5.41) is 3.91. The van der Waals surface area contributed by atoms with Crippen molar-refractivity contribution in [1.29, 1.82) is 0 Å². The molecular formula is C32H50N2O4. The average molecular weight is 527 g/mol. The largest absolute Gasteiger partial charge is 0.462 e. The molecule has 38 heavy (non-hydrogen) atoms. The average Bonchev–Trinajstić information content (AvgIpc) is 2.93. The van der Waals surface area contributed by atoms with Crippen molar-refractivity contribution < 1.29 is 19.1 Å². The number of rotatable bonds is 4. The predicted octanol–water partition coefficient (Wildman–Crippen LogP) is 4.96. The summed E-state index contributed by atoms with van der Waals surface area (Å²) in [4.78, 5) is 41.6. The van der Waals surface area contributed by atoms with Gasteiger partial charge in [0, 0.05) is 41.8 Å². The van der Waals surface area contributed by atoms with E-state index < -0.39 is 17.9 Å². The second kappa shape index (κ2) is 11.3. The summed E-state index contributed by atoms with van der Waals surface area (Å²) < 4.78 is 6.06. The summed E-state index contributed by atoms with van der Waals surface area (Å²) in [5.41, 5.74) is 6.82. The van der Waals surface area contributed by atoms with Gasteiger partial charge in [-0.2, -0.15) is 0 Å². The number of fused-ring (bicyclic) bond motifs is 3. The summed E-state index contributed by atoms with van der Waals surface area (Å²) in [6, 6.07) is -0.424. The summed E-state index contributed by atoms with van der Waals surface area (Å²) in [6.45, 7) is 2.26. The van der Waals surface area contributed by atoms with Crippen molar-refractivity contribution in [3.63, 3.8) is 0 Å². The first-order chi connectivity index (χ1) is 18.4. The van der Waals surface area contributed by atoms with Crippen LogP contribution < -0.4 is 11.1 Å². The standard InChI is InChI=1S/C32H50N2O4/c1-18-10-14-22(15-11-18)38-32(37)25-17-26(34-21-13-12-19-6-2-3-7-20(19)16-21)27-28(29(25)33)31(36)24-9-5-4-8-23(24)30(27)35/h18-29,34H,2-17,33H2,1H3. The first kappa shape index (κ1) is 26.9. The minimum Gasteiger partial charge on any atom is -0.462 e. The molecule has 0 aliphatic heterocycles. The molecule has 10 atom stereocenters. The first-order valence-electron chi connectivity index (χ1n) is 16.2. The van der Waals surface area contributed by atoms with Crippen molar-refractivity contribution >= 4 is 17.5 Å². The van der Waals surface area contributed by atoms with Gasteiger partial charge in [0.2, 0.25) is 0 Å². The van der Waals surface area contributed by atoms with Crippen LogP contribution in [0.15, 0.2) is 0 Å². The Morgan fingerprint density at radius 1 is 0.763 bits per heavy atom. The van der Waals surface area contributed by atoms with Crippen molar-refractivity contribution in [2.45, 2.75) is 134 Å². The highest BCUT2D eigenvalue weighted by molar-refractivity contribution is 6.01. The SMILES string of the molecule is CC1CCC(OC(=O)C2CC(NC3CCC4CCCCC4C3)C3C(=O)C4CCCCC4C(=O)C3C2N)CC1. The van der Waals surface area contributed by atoms with E-state index in [0.717, 1.165) is 76.0 Å². The molecule has 0 spiro atoms. The van der Waals surface area contributed by atoms with E-state index in [9.17, 15) is 14.4 Å². The van der Waals surface area contributed by atoms with E-state index in [0.29, 0.717) is 18.4 Å².